The number of aliphatic hydroxyl groups excluding tert-OH is 1. The molecular weight excluding hydrogens is 432 g/mol. The molecule has 0 radical (unpaired) electrons. The summed E-state index contributed by atoms with van der Waals surface area (Å²) in [4.78, 5) is 23.4. The average Bonchev–Trinajstić information content (AvgIpc) is 3.37. The molecule has 6 heteroatoms. The second-order valence-electron chi connectivity index (χ2n) is 10.4. The van der Waals surface area contributed by atoms with E-state index in [0.29, 0.717) is 29.9 Å². The van der Waals surface area contributed by atoms with Crippen molar-refractivity contribution in [3.05, 3.63) is 53.1 Å². The lowest BCUT2D eigenvalue weighted by Crippen LogP contribution is -2.18. The van der Waals surface area contributed by atoms with Gasteiger partial charge >= 0.3 is 0 Å². The van der Waals surface area contributed by atoms with Crippen LogP contribution >= 0.6 is 0 Å². The summed E-state index contributed by atoms with van der Waals surface area (Å²) in [6.07, 6.45) is 3.58. The fourth-order valence-corrected chi connectivity index (χ4v) is 6.37. The molecule has 0 saturated heterocycles. The van der Waals surface area contributed by atoms with Crippen LogP contribution in [0.3, 0.4) is 0 Å². The summed E-state index contributed by atoms with van der Waals surface area (Å²) in [7, 11) is 0. The van der Waals surface area contributed by atoms with Gasteiger partial charge in [0.05, 0.1) is 6.10 Å². The van der Waals surface area contributed by atoms with Gasteiger partial charge in [-0.1, -0.05) is 12.1 Å². The minimum absolute atomic E-state index is 0.0102. The molecule has 3 aliphatic rings. The van der Waals surface area contributed by atoms with Crippen molar-refractivity contribution in [2.45, 2.75) is 64.1 Å². The van der Waals surface area contributed by atoms with Gasteiger partial charge in [-0.05, 0) is 74.1 Å². The predicted molar refractivity (Wildman–Crippen MR) is 126 cm³/mol. The molecule has 3 aliphatic carbocycles. The molecule has 3 unspecified atom stereocenters. The first kappa shape index (κ1) is 22.9. The number of benzene rings is 2. The lowest BCUT2D eigenvalue weighted by molar-refractivity contribution is -0.122. The molecule has 5 rings (SSSR count). The van der Waals surface area contributed by atoms with Crippen LogP contribution in [0.5, 0.6) is 17.2 Å². The van der Waals surface area contributed by atoms with Gasteiger partial charge in [0, 0.05) is 42.4 Å². The number of ether oxygens (including phenoxy) is 1. The van der Waals surface area contributed by atoms with E-state index in [1.165, 1.54) is 13.0 Å². The van der Waals surface area contributed by atoms with Crippen LogP contribution < -0.4 is 4.74 Å². The first-order valence-corrected chi connectivity index (χ1v) is 12.3. The number of hydrogen-bond acceptors (Lipinski definition) is 6. The van der Waals surface area contributed by atoms with E-state index in [4.69, 9.17) is 4.74 Å². The predicted octanol–water partition coefficient (Wildman–Crippen LogP) is 4.28. The van der Waals surface area contributed by atoms with Gasteiger partial charge < -0.3 is 24.9 Å². The molecule has 0 bridgehead atoms. The highest BCUT2D eigenvalue weighted by Crippen LogP contribution is 2.64. The molecule has 0 heterocycles. The Labute approximate surface area is 199 Å². The smallest absolute Gasteiger partial charge is 0.137 e. The van der Waals surface area contributed by atoms with Crippen molar-refractivity contribution >= 4 is 11.6 Å². The van der Waals surface area contributed by atoms with Gasteiger partial charge in [0.2, 0.25) is 0 Å². The summed E-state index contributed by atoms with van der Waals surface area (Å²) in [6, 6.07) is 10.6. The molecule has 180 valence electrons. The van der Waals surface area contributed by atoms with Crippen molar-refractivity contribution < 1.29 is 29.6 Å². The SMILES string of the molecule is CC(=O)CCC(=O)Cc1cccc(O[C@H]2c3cc(O)cc(O)c3C[C@@H]2C2C3CC(O)CC[C@@H]32)c1. The Balaban J connectivity index is 1.38. The Morgan fingerprint density at radius 2 is 1.85 bits per heavy atom. The maximum absolute atomic E-state index is 12.3. The molecule has 6 nitrogen and oxygen atoms in total. The molecule has 3 N–H and O–H groups in total. The van der Waals surface area contributed by atoms with Gasteiger partial charge in [0.15, 0.2) is 0 Å². The molecule has 2 saturated carbocycles. The molecule has 0 amide bonds. The number of fused-ring (bicyclic) bond motifs is 2. The Bertz CT molecular complexity index is 1110. The second kappa shape index (κ2) is 9.06. The quantitative estimate of drug-likeness (QED) is 0.539. The fourth-order valence-electron chi connectivity index (χ4n) is 6.37. The maximum atomic E-state index is 12.3. The number of hydrogen-bond donors (Lipinski definition) is 3. The number of phenols is 2. The van der Waals surface area contributed by atoms with Crippen LogP contribution in [-0.4, -0.2) is 33.0 Å². The van der Waals surface area contributed by atoms with Crippen LogP contribution in [0, 0.1) is 23.7 Å². The number of ketones is 2. The van der Waals surface area contributed by atoms with Crippen LogP contribution in [0.25, 0.3) is 0 Å². The van der Waals surface area contributed by atoms with E-state index in [-0.39, 0.29) is 60.5 Å². The van der Waals surface area contributed by atoms with Crippen molar-refractivity contribution in [2.75, 3.05) is 0 Å². The second-order valence-corrected chi connectivity index (χ2v) is 10.4. The van der Waals surface area contributed by atoms with E-state index >= 15 is 0 Å². The average molecular weight is 465 g/mol. The summed E-state index contributed by atoms with van der Waals surface area (Å²) in [5.41, 5.74) is 2.48. The highest BCUT2D eigenvalue weighted by molar-refractivity contribution is 5.86. The molecule has 0 aromatic heterocycles. The lowest BCUT2D eigenvalue weighted by Gasteiger charge is -2.23. The van der Waals surface area contributed by atoms with Gasteiger partial charge in [-0.2, -0.15) is 0 Å². The van der Waals surface area contributed by atoms with Gasteiger partial charge in [-0.25, -0.2) is 0 Å². The Hall–Kier alpha value is -2.86. The number of rotatable bonds is 8. The molecule has 2 aromatic carbocycles. The zero-order chi connectivity index (χ0) is 24.0. The minimum atomic E-state index is -0.315. The third-order valence-corrected chi connectivity index (χ3v) is 7.97. The highest BCUT2D eigenvalue weighted by Gasteiger charge is 2.59. The molecular formula is C28H32O6. The number of aliphatic hydroxyl groups is 1. The minimum Gasteiger partial charge on any atom is -0.508 e. The molecule has 0 aliphatic heterocycles. The molecule has 2 aromatic rings. The number of carbonyl (C=O) groups is 2. The largest absolute Gasteiger partial charge is 0.508 e. The van der Waals surface area contributed by atoms with E-state index in [0.717, 1.165) is 36.0 Å². The van der Waals surface area contributed by atoms with Crippen molar-refractivity contribution in [1.29, 1.82) is 0 Å². The third-order valence-electron chi connectivity index (χ3n) is 7.97. The van der Waals surface area contributed by atoms with Crippen LogP contribution in [0.15, 0.2) is 36.4 Å². The van der Waals surface area contributed by atoms with Gasteiger partial charge in [0.1, 0.15) is 34.9 Å². The van der Waals surface area contributed by atoms with Gasteiger partial charge in [-0.15, -0.1) is 0 Å². The molecule has 0 spiro atoms. The van der Waals surface area contributed by atoms with E-state index in [2.05, 4.69) is 0 Å². The summed E-state index contributed by atoms with van der Waals surface area (Å²) >= 11 is 0. The molecule has 2 fully saturated rings. The van der Waals surface area contributed by atoms with Crippen molar-refractivity contribution in [2.24, 2.45) is 23.7 Å². The van der Waals surface area contributed by atoms with Crippen LogP contribution in [0.4, 0.5) is 0 Å². The van der Waals surface area contributed by atoms with Crippen molar-refractivity contribution in [1.82, 2.24) is 0 Å². The monoisotopic (exact) mass is 464 g/mol. The van der Waals surface area contributed by atoms with Crippen LogP contribution in [0.2, 0.25) is 0 Å². The zero-order valence-corrected chi connectivity index (χ0v) is 19.4. The summed E-state index contributed by atoms with van der Waals surface area (Å²) in [5.74, 6) is 2.42. The Morgan fingerprint density at radius 1 is 1.03 bits per heavy atom. The molecule has 34 heavy (non-hydrogen) atoms. The van der Waals surface area contributed by atoms with E-state index in [9.17, 15) is 24.9 Å². The number of carbonyl (C=O) groups excluding carboxylic acids is 2. The third kappa shape index (κ3) is 4.56. The first-order chi connectivity index (χ1) is 16.3. The fraction of sp³-hybridized carbons (Fsp3) is 0.500. The zero-order valence-electron chi connectivity index (χ0n) is 19.4. The number of Topliss-reactive ketones (excluding diaryl/α,β-unsaturated/α-hetero) is 2. The maximum Gasteiger partial charge on any atom is 0.137 e. The molecule has 6 atom stereocenters. The lowest BCUT2D eigenvalue weighted by atomic mass is 9.94. The topological polar surface area (TPSA) is 104 Å². The summed E-state index contributed by atoms with van der Waals surface area (Å²) in [5, 5.41) is 30.8. The number of phenolic OH excluding ortho intramolecular Hbond substituents is 2. The standard InChI is InChI=1S/C28H32O6/c1-15(29)5-6-17(30)9-16-3-2-4-20(10-16)34-28-24-12-19(32)13-26(33)22(24)14-25(28)27-21-8-7-18(31)11-23(21)27/h2-4,10,12-13,18,21,23,25,27-28,31-33H,5-9,11,14H2,1H3/t18?,21-,23?,25+,27?,28-/m0/s1. The normalized spacial score (nSPS) is 29.2. The van der Waals surface area contributed by atoms with Crippen LogP contribution in [-0.2, 0) is 22.4 Å². The van der Waals surface area contributed by atoms with Gasteiger partial charge in [-0.3, -0.25) is 4.79 Å². The van der Waals surface area contributed by atoms with Crippen molar-refractivity contribution in [3.8, 4) is 17.2 Å². The van der Waals surface area contributed by atoms with Gasteiger partial charge in [0.25, 0.3) is 0 Å². The highest BCUT2D eigenvalue weighted by atomic mass is 16.5. The van der Waals surface area contributed by atoms with Crippen molar-refractivity contribution in [3.63, 3.8) is 0 Å². The summed E-state index contributed by atoms with van der Waals surface area (Å²) in [6.45, 7) is 1.49. The number of aromatic hydroxyl groups is 2. The van der Waals surface area contributed by atoms with Crippen LogP contribution in [0.1, 0.15) is 61.8 Å². The summed E-state index contributed by atoms with van der Waals surface area (Å²) < 4.78 is 6.53. The Morgan fingerprint density at radius 3 is 2.62 bits per heavy atom. The first-order valence-electron chi connectivity index (χ1n) is 12.3. The van der Waals surface area contributed by atoms with E-state index < -0.39 is 0 Å². The van der Waals surface area contributed by atoms with E-state index in [1.807, 2.05) is 24.3 Å². The Kier molecular flexibility index (Phi) is 6.11. The van der Waals surface area contributed by atoms with E-state index in [1.54, 1.807) is 6.07 Å².